The van der Waals surface area contributed by atoms with E-state index in [1.807, 2.05) is 47.0 Å². The molecule has 1 saturated heterocycles. The van der Waals surface area contributed by atoms with Crippen LogP contribution in [0.5, 0.6) is 0 Å². The van der Waals surface area contributed by atoms with Gasteiger partial charge in [-0.3, -0.25) is 4.79 Å². The van der Waals surface area contributed by atoms with Gasteiger partial charge in [-0.25, -0.2) is 4.98 Å². The molecule has 6 heteroatoms. The zero-order valence-corrected chi connectivity index (χ0v) is 14.4. The summed E-state index contributed by atoms with van der Waals surface area (Å²) < 4.78 is 2.00. The summed E-state index contributed by atoms with van der Waals surface area (Å²) in [5, 5.41) is 4.14. The molecule has 3 atom stereocenters. The van der Waals surface area contributed by atoms with Crippen LogP contribution in [0.25, 0.3) is 0 Å². The molecule has 1 N–H and O–H groups in total. The number of imidazole rings is 1. The Balaban J connectivity index is 1.53. The van der Waals surface area contributed by atoms with Gasteiger partial charge in [0.05, 0.1) is 0 Å². The molecule has 0 spiro atoms. The number of hydrogen-bond donors (Lipinski definition) is 1. The zero-order chi connectivity index (χ0) is 16.7. The van der Waals surface area contributed by atoms with Gasteiger partial charge < -0.3 is 14.8 Å². The highest BCUT2D eigenvalue weighted by atomic mass is 35.5. The van der Waals surface area contributed by atoms with Gasteiger partial charge in [0.25, 0.3) is 0 Å². The summed E-state index contributed by atoms with van der Waals surface area (Å²) in [7, 11) is 1.98. The van der Waals surface area contributed by atoms with Crippen molar-refractivity contribution < 1.29 is 4.79 Å². The molecular weight excluding hydrogens is 324 g/mol. The lowest BCUT2D eigenvalue weighted by Crippen LogP contribution is -2.50. The Morgan fingerprint density at radius 3 is 2.96 bits per heavy atom. The van der Waals surface area contributed by atoms with Gasteiger partial charge in [-0.15, -0.1) is 0 Å². The Morgan fingerprint density at radius 2 is 2.21 bits per heavy atom. The van der Waals surface area contributed by atoms with Gasteiger partial charge in [-0.1, -0.05) is 29.8 Å². The van der Waals surface area contributed by atoms with E-state index in [9.17, 15) is 4.79 Å². The molecule has 2 heterocycles. The molecule has 3 unspecified atom stereocenters. The Kier molecular flexibility index (Phi) is 4.06. The average Bonchev–Trinajstić information content (AvgIpc) is 3.28. The molecule has 1 aliphatic carbocycles. The van der Waals surface area contributed by atoms with Crippen molar-refractivity contribution in [3.05, 3.63) is 53.1 Å². The van der Waals surface area contributed by atoms with Gasteiger partial charge in [0, 0.05) is 50.0 Å². The van der Waals surface area contributed by atoms with Crippen LogP contribution >= 0.6 is 11.6 Å². The van der Waals surface area contributed by atoms with E-state index in [-0.39, 0.29) is 23.8 Å². The molecule has 1 aromatic carbocycles. The van der Waals surface area contributed by atoms with Crippen molar-refractivity contribution >= 4 is 17.5 Å². The van der Waals surface area contributed by atoms with Crippen LogP contribution in [-0.4, -0.2) is 40.0 Å². The molecule has 1 aliphatic heterocycles. The summed E-state index contributed by atoms with van der Waals surface area (Å²) in [6, 6.07) is 7.85. The molecule has 0 radical (unpaired) electrons. The smallest absolute Gasteiger partial charge is 0.227 e. The topological polar surface area (TPSA) is 50.2 Å². The second-order valence-electron chi connectivity index (χ2n) is 6.62. The predicted molar refractivity (Wildman–Crippen MR) is 92.8 cm³/mol. The van der Waals surface area contributed by atoms with Crippen LogP contribution in [0, 0.1) is 5.92 Å². The third-order valence-electron chi connectivity index (χ3n) is 5.10. The number of hydrogen-bond acceptors (Lipinski definition) is 3. The van der Waals surface area contributed by atoms with Gasteiger partial charge in [0.15, 0.2) is 0 Å². The minimum absolute atomic E-state index is 0.00116. The normalized spacial score (nSPS) is 26.4. The predicted octanol–water partition coefficient (Wildman–Crippen LogP) is 2.35. The third-order valence-corrected chi connectivity index (χ3v) is 5.44. The molecule has 126 valence electrons. The van der Waals surface area contributed by atoms with E-state index in [4.69, 9.17) is 11.6 Å². The maximum absolute atomic E-state index is 13.1. The number of rotatable bonds is 3. The van der Waals surface area contributed by atoms with Crippen LogP contribution in [-0.2, 0) is 11.8 Å². The SMILES string of the molecule is Cn1ccnc1C1CNCCN1C(=O)C1CC1c1ccccc1Cl. The highest BCUT2D eigenvalue weighted by Gasteiger charge is 2.48. The van der Waals surface area contributed by atoms with Gasteiger partial charge in [-0.05, 0) is 24.0 Å². The maximum Gasteiger partial charge on any atom is 0.227 e. The van der Waals surface area contributed by atoms with Crippen LogP contribution in [0.2, 0.25) is 5.02 Å². The molecule has 2 fully saturated rings. The Hall–Kier alpha value is -1.85. The lowest BCUT2D eigenvalue weighted by atomic mass is 10.1. The summed E-state index contributed by atoms with van der Waals surface area (Å²) in [6.07, 6.45) is 4.60. The quantitative estimate of drug-likeness (QED) is 0.930. The van der Waals surface area contributed by atoms with Crippen LogP contribution in [0.1, 0.15) is 29.8 Å². The summed E-state index contributed by atoms with van der Waals surface area (Å²) in [5.41, 5.74) is 1.10. The number of nitrogens with zero attached hydrogens (tertiary/aromatic N) is 3. The van der Waals surface area contributed by atoms with E-state index in [2.05, 4.69) is 10.3 Å². The molecular formula is C18H21ClN4O. The summed E-state index contributed by atoms with van der Waals surface area (Å²) in [4.78, 5) is 19.5. The lowest BCUT2D eigenvalue weighted by Gasteiger charge is -2.36. The highest BCUT2D eigenvalue weighted by molar-refractivity contribution is 6.31. The van der Waals surface area contributed by atoms with Crippen LogP contribution in [0.15, 0.2) is 36.7 Å². The van der Waals surface area contributed by atoms with Gasteiger partial charge in [-0.2, -0.15) is 0 Å². The van der Waals surface area contributed by atoms with Crippen molar-refractivity contribution in [2.75, 3.05) is 19.6 Å². The first-order valence-corrected chi connectivity index (χ1v) is 8.77. The first-order chi connectivity index (χ1) is 11.7. The minimum atomic E-state index is -0.00116. The van der Waals surface area contributed by atoms with Crippen molar-refractivity contribution in [3.8, 4) is 0 Å². The molecule has 2 aromatic rings. The van der Waals surface area contributed by atoms with E-state index in [1.165, 1.54) is 0 Å². The fraction of sp³-hybridized carbons (Fsp3) is 0.444. The molecule has 0 bridgehead atoms. The number of benzene rings is 1. The number of carbonyl (C=O) groups excluding carboxylic acids is 1. The fourth-order valence-electron chi connectivity index (χ4n) is 3.70. The molecule has 4 rings (SSSR count). The number of halogens is 1. The first-order valence-electron chi connectivity index (χ1n) is 8.39. The zero-order valence-electron chi connectivity index (χ0n) is 13.7. The second kappa shape index (κ2) is 6.22. The van der Waals surface area contributed by atoms with E-state index in [1.54, 1.807) is 6.20 Å². The van der Waals surface area contributed by atoms with Crippen molar-refractivity contribution in [1.29, 1.82) is 0 Å². The summed E-state index contributed by atoms with van der Waals surface area (Å²) in [6.45, 7) is 2.30. The lowest BCUT2D eigenvalue weighted by molar-refractivity contribution is -0.136. The third kappa shape index (κ3) is 2.72. The Morgan fingerprint density at radius 1 is 1.38 bits per heavy atom. The number of amides is 1. The number of aromatic nitrogens is 2. The Bertz CT molecular complexity index is 759. The monoisotopic (exact) mass is 344 g/mol. The number of aryl methyl sites for hydroxylation is 1. The van der Waals surface area contributed by atoms with Crippen molar-refractivity contribution in [1.82, 2.24) is 19.8 Å². The van der Waals surface area contributed by atoms with Crippen molar-refractivity contribution in [2.24, 2.45) is 13.0 Å². The largest absolute Gasteiger partial charge is 0.336 e. The number of nitrogens with one attached hydrogen (secondary N) is 1. The van der Waals surface area contributed by atoms with Gasteiger partial charge in [0.2, 0.25) is 5.91 Å². The standard InChI is InChI=1S/C18H21ClN4O/c1-22-8-7-21-17(22)16-11-20-6-9-23(16)18(24)14-10-13(14)12-4-2-3-5-15(12)19/h2-5,7-8,13-14,16,20H,6,9-11H2,1H3. The summed E-state index contributed by atoms with van der Waals surface area (Å²) in [5.74, 6) is 1.47. The molecule has 1 amide bonds. The highest BCUT2D eigenvalue weighted by Crippen LogP contribution is 2.51. The van der Waals surface area contributed by atoms with E-state index in [0.717, 1.165) is 42.5 Å². The minimum Gasteiger partial charge on any atom is -0.336 e. The summed E-state index contributed by atoms with van der Waals surface area (Å²) >= 11 is 6.30. The van der Waals surface area contributed by atoms with Crippen molar-refractivity contribution in [2.45, 2.75) is 18.4 Å². The molecule has 1 aromatic heterocycles. The number of carbonyl (C=O) groups is 1. The fourth-order valence-corrected chi connectivity index (χ4v) is 3.97. The average molecular weight is 345 g/mol. The van der Waals surface area contributed by atoms with Crippen LogP contribution in [0.3, 0.4) is 0 Å². The van der Waals surface area contributed by atoms with E-state index in [0.29, 0.717) is 0 Å². The Labute approximate surface area is 146 Å². The number of piperazine rings is 1. The van der Waals surface area contributed by atoms with Gasteiger partial charge >= 0.3 is 0 Å². The van der Waals surface area contributed by atoms with E-state index >= 15 is 0 Å². The molecule has 1 saturated carbocycles. The second-order valence-corrected chi connectivity index (χ2v) is 7.03. The molecule has 2 aliphatic rings. The molecule has 5 nitrogen and oxygen atoms in total. The molecule has 24 heavy (non-hydrogen) atoms. The first kappa shape index (κ1) is 15.7. The van der Waals surface area contributed by atoms with Crippen LogP contribution in [0.4, 0.5) is 0 Å². The maximum atomic E-state index is 13.1. The van der Waals surface area contributed by atoms with Crippen molar-refractivity contribution in [3.63, 3.8) is 0 Å². The van der Waals surface area contributed by atoms with E-state index < -0.39 is 0 Å². The van der Waals surface area contributed by atoms with Gasteiger partial charge in [0.1, 0.15) is 11.9 Å². The van der Waals surface area contributed by atoms with Crippen LogP contribution < -0.4 is 5.32 Å².